The van der Waals surface area contributed by atoms with Crippen LogP contribution in [0, 0.1) is 11.8 Å². The highest BCUT2D eigenvalue weighted by atomic mass is 16.5. The van der Waals surface area contributed by atoms with Gasteiger partial charge >= 0.3 is 12.0 Å². The normalized spacial score (nSPS) is 28.6. The highest BCUT2D eigenvalue weighted by molar-refractivity contribution is 5.81. The summed E-state index contributed by atoms with van der Waals surface area (Å²) in [6, 6.07) is 10.3. The summed E-state index contributed by atoms with van der Waals surface area (Å²) in [6.45, 7) is 5.05. The van der Waals surface area contributed by atoms with E-state index < -0.39 is 0 Å². The van der Waals surface area contributed by atoms with E-state index in [1.54, 1.807) is 16.7 Å². The fourth-order valence-electron chi connectivity index (χ4n) is 5.05. The van der Waals surface area contributed by atoms with Crippen molar-refractivity contribution in [1.29, 1.82) is 0 Å². The van der Waals surface area contributed by atoms with Gasteiger partial charge in [0.05, 0.1) is 32.5 Å². The average molecular weight is 417 g/mol. The molecule has 0 bridgehead atoms. The quantitative estimate of drug-likeness (QED) is 0.691. The monoisotopic (exact) mass is 416 g/mol. The van der Waals surface area contributed by atoms with Crippen molar-refractivity contribution in [2.45, 2.75) is 38.3 Å². The number of hydrogen-bond donors (Lipinski definition) is 0. The molecule has 1 saturated carbocycles. The van der Waals surface area contributed by atoms with Gasteiger partial charge < -0.3 is 24.0 Å². The minimum atomic E-state index is -0.340. The Bertz CT molecular complexity index is 722. The first-order chi connectivity index (χ1) is 14.7. The first kappa shape index (κ1) is 21.1. The number of morpholine rings is 1. The van der Waals surface area contributed by atoms with Crippen molar-refractivity contribution in [1.82, 2.24) is 9.80 Å². The lowest BCUT2D eigenvalue weighted by molar-refractivity contribution is -0.144. The lowest BCUT2D eigenvalue weighted by atomic mass is 9.86. The van der Waals surface area contributed by atoms with Gasteiger partial charge in [0.25, 0.3) is 0 Å². The summed E-state index contributed by atoms with van der Waals surface area (Å²) in [5.74, 6) is 0.584. The predicted octanol–water partition coefficient (Wildman–Crippen LogP) is 2.86. The predicted molar refractivity (Wildman–Crippen MR) is 111 cm³/mol. The molecule has 4 atom stereocenters. The number of rotatable bonds is 5. The van der Waals surface area contributed by atoms with Gasteiger partial charge in [-0.3, -0.25) is 4.79 Å². The molecule has 2 heterocycles. The lowest BCUT2D eigenvalue weighted by Crippen LogP contribution is -2.52. The molecule has 2 aliphatic heterocycles. The van der Waals surface area contributed by atoms with E-state index in [1.165, 1.54) is 5.56 Å². The number of hydrogen-bond acceptors (Lipinski definition) is 5. The molecular formula is C23H32N2O5. The van der Waals surface area contributed by atoms with Crippen LogP contribution in [0.3, 0.4) is 0 Å². The second-order valence-corrected chi connectivity index (χ2v) is 8.43. The lowest BCUT2D eigenvalue weighted by Gasteiger charge is -2.35. The van der Waals surface area contributed by atoms with Crippen molar-refractivity contribution in [2.75, 3.05) is 46.1 Å². The number of carbonyl (C=O) groups is 2. The molecule has 4 rings (SSSR count). The SMILES string of the molecule is CCOC(=O)CN(C(=O)N1CCOCC1)[C@@H]1C[C@@H]2CO[C@H](c3ccccc3)C[C@@H]2C1. The molecule has 30 heavy (non-hydrogen) atoms. The Kier molecular flexibility index (Phi) is 6.89. The Morgan fingerprint density at radius 2 is 1.83 bits per heavy atom. The van der Waals surface area contributed by atoms with Gasteiger partial charge in [0.2, 0.25) is 0 Å². The highest BCUT2D eigenvalue weighted by Gasteiger charge is 2.44. The summed E-state index contributed by atoms with van der Waals surface area (Å²) < 4.78 is 16.7. The highest BCUT2D eigenvalue weighted by Crippen LogP contribution is 2.45. The van der Waals surface area contributed by atoms with E-state index in [4.69, 9.17) is 14.2 Å². The topological polar surface area (TPSA) is 68.3 Å². The van der Waals surface area contributed by atoms with Gasteiger partial charge in [0, 0.05) is 19.1 Å². The summed E-state index contributed by atoms with van der Waals surface area (Å²) >= 11 is 0. The van der Waals surface area contributed by atoms with Crippen LogP contribution in [-0.2, 0) is 19.0 Å². The van der Waals surface area contributed by atoms with Crippen LogP contribution in [0.2, 0.25) is 0 Å². The Labute approximate surface area is 178 Å². The fourth-order valence-corrected chi connectivity index (χ4v) is 5.05. The van der Waals surface area contributed by atoms with Crippen LogP contribution >= 0.6 is 0 Å². The van der Waals surface area contributed by atoms with Crippen LogP contribution in [-0.4, -0.2) is 73.9 Å². The number of ether oxygens (including phenoxy) is 3. The molecule has 0 radical (unpaired) electrons. The molecule has 7 nitrogen and oxygen atoms in total. The van der Waals surface area contributed by atoms with Crippen molar-refractivity contribution >= 4 is 12.0 Å². The van der Waals surface area contributed by atoms with Crippen LogP contribution in [0.4, 0.5) is 4.79 Å². The summed E-state index contributed by atoms with van der Waals surface area (Å²) in [5.41, 5.74) is 1.21. The molecule has 3 aliphatic rings. The zero-order valence-corrected chi connectivity index (χ0v) is 17.7. The van der Waals surface area contributed by atoms with E-state index in [0.717, 1.165) is 19.3 Å². The zero-order chi connectivity index (χ0) is 20.9. The van der Waals surface area contributed by atoms with E-state index in [2.05, 4.69) is 12.1 Å². The molecule has 0 N–H and O–H groups in total. The summed E-state index contributed by atoms with van der Waals surface area (Å²) in [4.78, 5) is 29.1. The van der Waals surface area contributed by atoms with Gasteiger partial charge in [-0.15, -0.1) is 0 Å². The van der Waals surface area contributed by atoms with Crippen LogP contribution in [0.5, 0.6) is 0 Å². The largest absolute Gasteiger partial charge is 0.465 e. The van der Waals surface area contributed by atoms with Gasteiger partial charge in [0.1, 0.15) is 6.54 Å². The average Bonchev–Trinajstić information content (AvgIpc) is 3.21. The maximum absolute atomic E-state index is 13.3. The Morgan fingerprint density at radius 1 is 1.10 bits per heavy atom. The second kappa shape index (κ2) is 9.79. The first-order valence-electron chi connectivity index (χ1n) is 11.1. The number of esters is 1. The molecule has 0 unspecified atom stereocenters. The fraction of sp³-hybridized carbons (Fsp3) is 0.652. The first-order valence-corrected chi connectivity index (χ1v) is 11.1. The minimum Gasteiger partial charge on any atom is -0.465 e. The molecule has 3 fully saturated rings. The molecule has 164 valence electrons. The number of amides is 2. The third-order valence-corrected chi connectivity index (χ3v) is 6.59. The van der Waals surface area contributed by atoms with Crippen LogP contribution in [0.15, 0.2) is 30.3 Å². The Morgan fingerprint density at radius 3 is 2.57 bits per heavy atom. The van der Waals surface area contributed by atoms with E-state index in [-0.39, 0.29) is 30.7 Å². The van der Waals surface area contributed by atoms with Crippen molar-refractivity contribution in [3.63, 3.8) is 0 Å². The third-order valence-electron chi connectivity index (χ3n) is 6.59. The van der Waals surface area contributed by atoms with Gasteiger partial charge in [0.15, 0.2) is 0 Å². The van der Waals surface area contributed by atoms with Gasteiger partial charge in [-0.1, -0.05) is 30.3 Å². The summed E-state index contributed by atoms with van der Waals surface area (Å²) in [6.07, 6.45) is 2.86. The number of carbonyl (C=O) groups excluding carboxylic acids is 2. The zero-order valence-electron chi connectivity index (χ0n) is 17.7. The Balaban J connectivity index is 1.44. The summed E-state index contributed by atoms with van der Waals surface area (Å²) in [5, 5.41) is 0. The van der Waals surface area contributed by atoms with Gasteiger partial charge in [-0.05, 0) is 43.6 Å². The molecule has 2 saturated heterocycles. The number of fused-ring (bicyclic) bond motifs is 1. The van der Waals surface area contributed by atoms with Crippen molar-refractivity contribution < 1.29 is 23.8 Å². The van der Waals surface area contributed by atoms with E-state index in [0.29, 0.717) is 51.4 Å². The number of urea groups is 1. The molecule has 1 aliphatic carbocycles. The van der Waals surface area contributed by atoms with Crippen molar-refractivity contribution in [2.24, 2.45) is 11.8 Å². The molecular weight excluding hydrogens is 384 g/mol. The van der Waals surface area contributed by atoms with E-state index in [1.807, 2.05) is 18.2 Å². The van der Waals surface area contributed by atoms with Gasteiger partial charge in [-0.2, -0.15) is 0 Å². The third kappa shape index (κ3) is 4.78. The number of benzene rings is 1. The Hall–Kier alpha value is -2.12. The molecule has 7 heteroatoms. The van der Waals surface area contributed by atoms with Crippen LogP contribution in [0.1, 0.15) is 37.9 Å². The molecule has 0 aromatic heterocycles. The molecule has 1 aromatic rings. The van der Waals surface area contributed by atoms with E-state index >= 15 is 0 Å². The van der Waals surface area contributed by atoms with Crippen LogP contribution in [0.25, 0.3) is 0 Å². The maximum Gasteiger partial charge on any atom is 0.325 e. The standard InChI is InChI=1S/C23H32N2O5/c1-2-29-22(26)15-25(23(27)24-8-10-28-11-9-24)20-12-18-14-21(30-16-19(18)13-20)17-6-4-3-5-7-17/h3-7,18-21H,2,8-16H2,1H3/t18-,19+,20-,21-/m0/s1. The van der Waals surface area contributed by atoms with Crippen molar-refractivity contribution in [3.8, 4) is 0 Å². The van der Waals surface area contributed by atoms with Crippen molar-refractivity contribution in [3.05, 3.63) is 35.9 Å². The number of nitrogens with zero attached hydrogens (tertiary/aromatic N) is 2. The molecule has 1 aromatic carbocycles. The van der Waals surface area contributed by atoms with Crippen LogP contribution < -0.4 is 0 Å². The van der Waals surface area contributed by atoms with Gasteiger partial charge in [-0.25, -0.2) is 4.79 Å². The second-order valence-electron chi connectivity index (χ2n) is 8.43. The molecule has 0 spiro atoms. The maximum atomic E-state index is 13.3. The molecule has 2 amide bonds. The summed E-state index contributed by atoms with van der Waals surface area (Å²) in [7, 11) is 0. The van der Waals surface area contributed by atoms with E-state index in [9.17, 15) is 9.59 Å². The smallest absolute Gasteiger partial charge is 0.325 e. The minimum absolute atomic E-state index is 0.0110.